The van der Waals surface area contributed by atoms with Crippen LogP contribution in [-0.2, 0) is 0 Å². The number of pyridine rings is 1. The van der Waals surface area contributed by atoms with Gasteiger partial charge >= 0.3 is 0 Å². The summed E-state index contributed by atoms with van der Waals surface area (Å²) in [7, 11) is 0. The zero-order chi connectivity index (χ0) is 13.1. The summed E-state index contributed by atoms with van der Waals surface area (Å²) in [5.41, 5.74) is 0.419. The van der Waals surface area contributed by atoms with E-state index >= 15 is 0 Å². The molecule has 1 N–H and O–H groups in total. The Morgan fingerprint density at radius 1 is 1.24 bits per heavy atom. The lowest BCUT2D eigenvalue weighted by Crippen LogP contribution is -2.46. The number of nitrogens with one attached hydrogen (secondary N) is 1. The van der Waals surface area contributed by atoms with Crippen molar-refractivity contribution in [2.45, 2.75) is 46.6 Å². The van der Waals surface area contributed by atoms with Crippen molar-refractivity contribution in [3.05, 3.63) is 30.1 Å². The Kier molecular flexibility index (Phi) is 3.91. The van der Waals surface area contributed by atoms with Crippen LogP contribution < -0.4 is 5.32 Å². The lowest BCUT2D eigenvalue weighted by atomic mass is 9.82. The van der Waals surface area contributed by atoms with Gasteiger partial charge in [-0.05, 0) is 37.8 Å². The molecule has 0 aliphatic heterocycles. The molecular weight excluding hydrogens is 212 g/mol. The van der Waals surface area contributed by atoms with Crippen LogP contribution in [0.5, 0.6) is 0 Å². The van der Waals surface area contributed by atoms with Crippen molar-refractivity contribution >= 4 is 5.91 Å². The van der Waals surface area contributed by atoms with Crippen molar-refractivity contribution in [3.8, 4) is 0 Å². The molecule has 0 unspecified atom stereocenters. The van der Waals surface area contributed by atoms with Crippen LogP contribution in [0.3, 0.4) is 0 Å². The second kappa shape index (κ2) is 4.86. The zero-order valence-electron chi connectivity index (χ0n) is 11.4. The Hall–Kier alpha value is -1.38. The fourth-order valence-electron chi connectivity index (χ4n) is 2.24. The van der Waals surface area contributed by atoms with Crippen molar-refractivity contribution in [2.24, 2.45) is 5.41 Å². The average Bonchev–Trinajstić information content (AvgIpc) is 2.14. The third-order valence-electron chi connectivity index (χ3n) is 2.32. The molecule has 0 radical (unpaired) electrons. The van der Waals surface area contributed by atoms with Gasteiger partial charge < -0.3 is 5.32 Å². The summed E-state index contributed by atoms with van der Waals surface area (Å²) in [6.45, 7) is 10.6. The summed E-state index contributed by atoms with van der Waals surface area (Å²) in [6.07, 6.45) is 2.55. The highest BCUT2D eigenvalue weighted by Crippen LogP contribution is 2.26. The van der Waals surface area contributed by atoms with Gasteiger partial charge in [0, 0.05) is 11.7 Å². The van der Waals surface area contributed by atoms with Crippen molar-refractivity contribution in [1.82, 2.24) is 10.3 Å². The van der Waals surface area contributed by atoms with Gasteiger partial charge in [-0.3, -0.25) is 9.78 Å². The summed E-state index contributed by atoms with van der Waals surface area (Å²) in [5, 5.41) is 3.03. The van der Waals surface area contributed by atoms with Gasteiger partial charge in [0.2, 0.25) is 0 Å². The third kappa shape index (κ3) is 4.98. The number of amides is 1. The lowest BCUT2D eigenvalue weighted by molar-refractivity contribution is 0.0886. The fourth-order valence-corrected chi connectivity index (χ4v) is 2.24. The van der Waals surface area contributed by atoms with Gasteiger partial charge in [-0.15, -0.1) is 0 Å². The standard InChI is InChI=1S/C14H22N2O/c1-13(2,3)10-14(4,5)16-12(17)11-8-6-7-9-15-11/h6-9H,10H2,1-5H3,(H,16,17). The van der Waals surface area contributed by atoms with E-state index in [-0.39, 0.29) is 16.9 Å². The van der Waals surface area contributed by atoms with Gasteiger partial charge in [-0.25, -0.2) is 0 Å². The van der Waals surface area contributed by atoms with E-state index in [0.29, 0.717) is 5.69 Å². The van der Waals surface area contributed by atoms with Gasteiger partial charge in [0.15, 0.2) is 0 Å². The maximum Gasteiger partial charge on any atom is 0.270 e. The van der Waals surface area contributed by atoms with E-state index in [4.69, 9.17) is 0 Å². The Morgan fingerprint density at radius 2 is 1.88 bits per heavy atom. The van der Waals surface area contributed by atoms with Crippen molar-refractivity contribution in [2.75, 3.05) is 0 Å². The summed E-state index contributed by atoms with van der Waals surface area (Å²) in [5.74, 6) is -0.111. The smallest absolute Gasteiger partial charge is 0.270 e. The number of carbonyl (C=O) groups excluding carboxylic acids is 1. The minimum Gasteiger partial charge on any atom is -0.346 e. The number of rotatable bonds is 3. The van der Waals surface area contributed by atoms with Crippen molar-refractivity contribution in [3.63, 3.8) is 0 Å². The van der Waals surface area contributed by atoms with Gasteiger partial charge in [-0.1, -0.05) is 26.8 Å². The van der Waals surface area contributed by atoms with Gasteiger partial charge in [0.25, 0.3) is 5.91 Å². The van der Waals surface area contributed by atoms with Crippen LogP contribution in [0.1, 0.15) is 51.5 Å². The minimum absolute atomic E-state index is 0.111. The van der Waals surface area contributed by atoms with Crippen LogP contribution in [-0.4, -0.2) is 16.4 Å². The summed E-state index contributed by atoms with van der Waals surface area (Å²) in [4.78, 5) is 16.0. The Bertz CT molecular complexity index is 377. The van der Waals surface area contributed by atoms with Crippen LogP contribution in [0.2, 0.25) is 0 Å². The predicted molar refractivity (Wildman–Crippen MR) is 69.9 cm³/mol. The highest BCUT2D eigenvalue weighted by molar-refractivity contribution is 5.92. The summed E-state index contributed by atoms with van der Waals surface area (Å²) < 4.78 is 0. The number of nitrogens with zero attached hydrogens (tertiary/aromatic N) is 1. The Labute approximate surface area is 104 Å². The van der Waals surface area contributed by atoms with Crippen LogP contribution in [0.4, 0.5) is 0 Å². The van der Waals surface area contributed by atoms with Gasteiger partial charge in [-0.2, -0.15) is 0 Å². The van der Waals surface area contributed by atoms with Crippen molar-refractivity contribution < 1.29 is 4.79 Å². The van der Waals surface area contributed by atoms with E-state index in [1.165, 1.54) is 0 Å². The largest absolute Gasteiger partial charge is 0.346 e. The number of hydrogen-bond acceptors (Lipinski definition) is 2. The Morgan fingerprint density at radius 3 is 2.35 bits per heavy atom. The topological polar surface area (TPSA) is 42.0 Å². The van der Waals surface area contributed by atoms with E-state index in [1.807, 2.05) is 19.9 Å². The molecule has 3 heteroatoms. The molecule has 17 heavy (non-hydrogen) atoms. The molecule has 0 saturated carbocycles. The predicted octanol–water partition coefficient (Wildman–Crippen LogP) is 3.03. The molecule has 0 bridgehead atoms. The maximum atomic E-state index is 12.0. The molecule has 0 aliphatic rings. The minimum atomic E-state index is -0.229. The highest BCUT2D eigenvalue weighted by Gasteiger charge is 2.27. The van der Waals surface area contributed by atoms with Crippen LogP contribution >= 0.6 is 0 Å². The first kappa shape index (κ1) is 13.7. The van der Waals surface area contributed by atoms with E-state index in [1.54, 1.807) is 18.3 Å². The normalized spacial score (nSPS) is 12.3. The van der Waals surface area contributed by atoms with Gasteiger partial charge in [0.05, 0.1) is 0 Å². The molecule has 1 amide bonds. The molecule has 1 rings (SSSR count). The lowest BCUT2D eigenvalue weighted by Gasteiger charge is -2.33. The molecule has 0 aliphatic carbocycles. The molecular formula is C14H22N2O. The first-order chi connectivity index (χ1) is 7.70. The molecule has 0 saturated heterocycles. The van der Waals surface area contributed by atoms with Gasteiger partial charge in [0.1, 0.15) is 5.69 Å². The highest BCUT2D eigenvalue weighted by atomic mass is 16.2. The van der Waals surface area contributed by atoms with E-state index < -0.39 is 0 Å². The van der Waals surface area contributed by atoms with E-state index in [2.05, 4.69) is 31.1 Å². The zero-order valence-corrected chi connectivity index (χ0v) is 11.4. The second-order valence-electron chi connectivity index (χ2n) is 6.29. The monoisotopic (exact) mass is 234 g/mol. The molecule has 3 nitrogen and oxygen atoms in total. The first-order valence-electron chi connectivity index (χ1n) is 5.93. The van der Waals surface area contributed by atoms with Crippen LogP contribution in [0.15, 0.2) is 24.4 Å². The Balaban J connectivity index is 2.69. The molecule has 1 heterocycles. The number of aromatic nitrogens is 1. The molecule has 1 aromatic rings. The molecule has 94 valence electrons. The average molecular weight is 234 g/mol. The molecule has 0 aromatic carbocycles. The van der Waals surface area contributed by atoms with E-state index in [0.717, 1.165) is 6.42 Å². The summed E-state index contributed by atoms with van der Waals surface area (Å²) in [6, 6.07) is 5.35. The van der Waals surface area contributed by atoms with E-state index in [9.17, 15) is 4.79 Å². The van der Waals surface area contributed by atoms with Crippen molar-refractivity contribution in [1.29, 1.82) is 0 Å². The molecule has 1 aromatic heterocycles. The summed E-state index contributed by atoms with van der Waals surface area (Å²) >= 11 is 0. The van der Waals surface area contributed by atoms with Crippen LogP contribution in [0, 0.1) is 5.41 Å². The number of hydrogen-bond donors (Lipinski definition) is 1. The molecule has 0 fully saturated rings. The molecule has 0 spiro atoms. The molecule has 0 atom stereocenters. The maximum absolute atomic E-state index is 12.0. The number of carbonyl (C=O) groups is 1. The quantitative estimate of drug-likeness (QED) is 0.873. The first-order valence-corrected chi connectivity index (χ1v) is 5.93. The third-order valence-corrected chi connectivity index (χ3v) is 2.32. The fraction of sp³-hybridized carbons (Fsp3) is 0.571. The SMILES string of the molecule is CC(C)(C)CC(C)(C)NC(=O)c1ccccn1. The van der Waals surface area contributed by atoms with Crippen LogP contribution in [0.25, 0.3) is 0 Å². The second-order valence-corrected chi connectivity index (χ2v) is 6.29.